The third-order valence-electron chi connectivity index (χ3n) is 3.85. The average Bonchev–Trinajstić information content (AvgIpc) is 2.71. The van der Waals surface area contributed by atoms with Crippen molar-refractivity contribution >= 4 is 35.2 Å². The number of hydrazone groups is 1. The normalized spacial score (nSPS) is 10.9. The van der Waals surface area contributed by atoms with Gasteiger partial charge in [0.2, 0.25) is 0 Å². The summed E-state index contributed by atoms with van der Waals surface area (Å²) in [5.74, 6) is 1.30. The highest BCUT2D eigenvalue weighted by Gasteiger charge is 2.10. The Balaban J connectivity index is 1.80. The van der Waals surface area contributed by atoms with Gasteiger partial charge in [0.25, 0.3) is 0 Å². The van der Waals surface area contributed by atoms with Gasteiger partial charge in [0, 0.05) is 5.56 Å². The Morgan fingerprint density at radius 2 is 2.07 bits per heavy atom. The van der Waals surface area contributed by atoms with Gasteiger partial charge in [0.1, 0.15) is 12.3 Å². The molecule has 150 valence electrons. The fraction of sp³-hybridized carbons (Fsp3) is 0.158. The summed E-state index contributed by atoms with van der Waals surface area (Å²) in [6, 6.07) is 10.7. The Hall–Kier alpha value is -3.10. The predicted octanol–water partition coefficient (Wildman–Crippen LogP) is 3.81. The van der Waals surface area contributed by atoms with Crippen molar-refractivity contribution in [1.29, 1.82) is 0 Å². The first-order chi connectivity index (χ1) is 14.0. The maximum absolute atomic E-state index is 11.3. The van der Waals surface area contributed by atoms with Crippen molar-refractivity contribution in [2.75, 3.05) is 12.5 Å². The van der Waals surface area contributed by atoms with Crippen LogP contribution in [-0.2, 0) is 6.61 Å². The molecule has 2 aromatic carbocycles. The number of nitrogens with zero attached hydrogens (tertiary/aromatic N) is 3. The molecule has 0 saturated carbocycles. The van der Waals surface area contributed by atoms with Gasteiger partial charge in [-0.25, -0.2) is 9.89 Å². The summed E-state index contributed by atoms with van der Waals surface area (Å²) >= 11 is 12.0. The van der Waals surface area contributed by atoms with Crippen LogP contribution in [0.1, 0.15) is 16.8 Å². The monoisotopic (exact) mass is 433 g/mol. The molecule has 3 rings (SSSR count). The second kappa shape index (κ2) is 9.40. The van der Waals surface area contributed by atoms with Crippen LogP contribution in [0.25, 0.3) is 0 Å². The van der Waals surface area contributed by atoms with Crippen molar-refractivity contribution in [1.82, 2.24) is 15.2 Å². The molecule has 1 aromatic heterocycles. The summed E-state index contributed by atoms with van der Waals surface area (Å²) in [5, 5.41) is 11.1. The molecule has 3 aromatic rings. The van der Waals surface area contributed by atoms with Gasteiger partial charge in [0.05, 0.1) is 23.4 Å². The number of hydrogen-bond acceptors (Lipinski definition) is 7. The van der Waals surface area contributed by atoms with E-state index in [4.69, 9.17) is 32.7 Å². The molecule has 0 aliphatic rings. The maximum atomic E-state index is 11.3. The summed E-state index contributed by atoms with van der Waals surface area (Å²) in [7, 11) is 1.55. The molecule has 0 aliphatic carbocycles. The lowest BCUT2D eigenvalue weighted by Crippen LogP contribution is -2.15. The van der Waals surface area contributed by atoms with E-state index in [1.54, 1.807) is 32.2 Å². The third kappa shape index (κ3) is 5.24. The summed E-state index contributed by atoms with van der Waals surface area (Å²) in [5.41, 5.74) is 4.14. The third-order valence-corrected chi connectivity index (χ3v) is 4.58. The Kier molecular flexibility index (Phi) is 6.69. The number of anilines is 1. The van der Waals surface area contributed by atoms with Crippen LogP contribution >= 0.6 is 23.2 Å². The van der Waals surface area contributed by atoms with E-state index < -0.39 is 5.69 Å². The van der Waals surface area contributed by atoms with E-state index in [0.717, 1.165) is 5.56 Å². The first kappa shape index (κ1) is 20.6. The summed E-state index contributed by atoms with van der Waals surface area (Å²) < 4.78 is 11.4. The topological polar surface area (TPSA) is 101 Å². The molecule has 0 amide bonds. The minimum absolute atomic E-state index is 0.254. The Morgan fingerprint density at radius 3 is 2.83 bits per heavy atom. The number of aromatic amines is 1. The molecule has 0 aliphatic heterocycles. The van der Waals surface area contributed by atoms with E-state index in [1.165, 1.54) is 6.21 Å². The molecule has 0 radical (unpaired) electrons. The largest absolute Gasteiger partial charge is 0.493 e. The van der Waals surface area contributed by atoms with Crippen LogP contribution in [-0.4, -0.2) is 28.5 Å². The lowest BCUT2D eigenvalue weighted by Gasteiger charge is -2.13. The molecule has 0 bridgehead atoms. The summed E-state index contributed by atoms with van der Waals surface area (Å²) in [6.07, 6.45) is 1.54. The molecule has 10 heteroatoms. The van der Waals surface area contributed by atoms with E-state index >= 15 is 0 Å². The Labute approximate surface area is 176 Å². The standard InChI is InChI=1S/C19H17Cl2N5O3/c1-11-18(23-19(27)26-24-11)25-22-9-13-4-3-5-16(28-2)17(13)29-10-12-6-7-14(20)15(21)8-12/h3-9H,10H2,1-2H3,(H2,23,25,26,27)/b22-9-. The zero-order valence-corrected chi connectivity index (χ0v) is 17.1. The average molecular weight is 434 g/mol. The number of nitrogens with one attached hydrogen (secondary N) is 2. The van der Waals surface area contributed by atoms with Gasteiger partial charge < -0.3 is 9.47 Å². The van der Waals surface area contributed by atoms with Crippen LogP contribution in [0.3, 0.4) is 0 Å². The van der Waals surface area contributed by atoms with Gasteiger partial charge in [-0.1, -0.05) is 35.3 Å². The molecule has 0 saturated heterocycles. The van der Waals surface area contributed by atoms with Crippen molar-refractivity contribution in [3.8, 4) is 11.5 Å². The Bertz CT molecular complexity index is 1100. The first-order valence-electron chi connectivity index (χ1n) is 8.44. The van der Waals surface area contributed by atoms with Crippen molar-refractivity contribution in [2.24, 2.45) is 5.10 Å². The van der Waals surface area contributed by atoms with Crippen molar-refractivity contribution in [3.63, 3.8) is 0 Å². The minimum atomic E-state index is -0.569. The number of rotatable bonds is 7. The molecule has 1 heterocycles. The van der Waals surface area contributed by atoms with Gasteiger partial charge in [-0.05, 0) is 36.8 Å². The summed E-state index contributed by atoms with van der Waals surface area (Å²) in [4.78, 5) is 15.1. The summed E-state index contributed by atoms with van der Waals surface area (Å²) in [6.45, 7) is 1.95. The second-order valence-electron chi connectivity index (χ2n) is 5.86. The molecule has 0 unspecified atom stereocenters. The number of hydrogen-bond donors (Lipinski definition) is 2. The zero-order valence-electron chi connectivity index (χ0n) is 15.6. The number of methoxy groups -OCH3 is 1. The van der Waals surface area contributed by atoms with Gasteiger partial charge >= 0.3 is 5.69 Å². The van der Waals surface area contributed by atoms with E-state index in [1.807, 2.05) is 18.2 Å². The molecule has 0 fully saturated rings. The van der Waals surface area contributed by atoms with Crippen LogP contribution in [0.5, 0.6) is 11.5 Å². The fourth-order valence-corrected chi connectivity index (χ4v) is 2.72. The lowest BCUT2D eigenvalue weighted by molar-refractivity contribution is 0.284. The number of para-hydroxylation sites is 1. The first-order valence-corrected chi connectivity index (χ1v) is 9.19. The SMILES string of the molecule is COc1cccc(/C=N\Nc2nc(=O)[nH]nc2C)c1OCc1ccc(Cl)c(Cl)c1. The maximum Gasteiger partial charge on any atom is 0.363 e. The minimum Gasteiger partial charge on any atom is -0.493 e. The molecule has 8 nitrogen and oxygen atoms in total. The zero-order chi connectivity index (χ0) is 20.8. The van der Waals surface area contributed by atoms with Crippen molar-refractivity contribution in [3.05, 3.63) is 73.7 Å². The highest BCUT2D eigenvalue weighted by atomic mass is 35.5. The van der Waals surface area contributed by atoms with Gasteiger partial charge in [0.15, 0.2) is 17.3 Å². The van der Waals surface area contributed by atoms with Crippen LogP contribution < -0.4 is 20.6 Å². The number of aromatic nitrogens is 3. The van der Waals surface area contributed by atoms with Crippen LogP contribution in [0.2, 0.25) is 10.0 Å². The molecule has 2 N–H and O–H groups in total. The number of benzene rings is 2. The smallest absolute Gasteiger partial charge is 0.363 e. The quantitative estimate of drug-likeness (QED) is 0.433. The molecule has 0 atom stereocenters. The van der Waals surface area contributed by atoms with E-state index in [2.05, 4.69) is 25.7 Å². The molecule has 29 heavy (non-hydrogen) atoms. The molecule has 0 spiro atoms. The van der Waals surface area contributed by atoms with Crippen LogP contribution in [0, 0.1) is 6.92 Å². The molecular formula is C19H17Cl2N5O3. The predicted molar refractivity (Wildman–Crippen MR) is 112 cm³/mol. The van der Waals surface area contributed by atoms with Crippen molar-refractivity contribution in [2.45, 2.75) is 13.5 Å². The van der Waals surface area contributed by atoms with E-state index in [-0.39, 0.29) is 12.4 Å². The van der Waals surface area contributed by atoms with Crippen molar-refractivity contribution < 1.29 is 9.47 Å². The second-order valence-corrected chi connectivity index (χ2v) is 6.67. The number of H-pyrrole nitrogens is 1. The van der Waals surface area contributed by atoms with Gasteiger partial charge in [-0.3, -0.25) is 5.43 Å². The van der Waals surface area contributed by atoms with Gasteiger partial charge in [-0.2, -0.15) is 15.2 Å². The van der Waals surface area contributed by atoms with E-state index in [9.17, 15) is 4.79 Å². The Morgan fingerprint density at radius 1 is 1.24 bits per heavy atom. The number of halogens is 2. The lowest BCUT2D eigenvalue weighted by atomic mass is 10.2. The van der Waals surface area contributed by atoms with Crippen LogP contribution in [0.4, 0.5) is 5.82 Å². The number of aryl methyl sites for hydroxylation is 1. The van der Waals surface area contributed by atoms with E-state index in [0.29, 0.717) is 32.8 Å². The molecular weight excluding hydrogens is 417 g/mol. The highest BCUT2D eigenvalue weighted by molar-refractivity contribution is 6.42. The highest BCUT2D eigenvalue weighted by Crippen LogP contribution is 2.31. The number of ether oxygens (including phenoxy) is 2. The fourth-order valence-electron chi connectivity index (χ4n) is 2.40. The van der Waals surface area contributed by atoms with Gasteiger partial charge in [-0.15, -0.1) is 0 Å². The van der Waals surface area contributed by atoms with Crippen LogP contribution in [0.15, 0.2) is 46.3 Å².